The minimum Gasteiger partial charge on any atom is -0.392 e. The van der Waals surface area contributed by atoms with Crippen LogP contribution in [-0.2, 0) is 21.0 Å². The first-order valence-corrected chi connectivity index (χ1v) is 9.62. The van der Waals surface area contributed by atoms with Crippen LogP contribution < -0.4 is 16.0 Å². The molecule has 1 aromatic heterocycles. The lowest BCUT2D eigenvalue weighted by Gasteiger charge is -2.08. The lowest BCUT2D eigenvalue weighted by atomic mass is 10.1. The Kier molecular flexibility index (Phi) is 5.63. The lowest BCUT2D eigenvalue weighted by Crippen LogP contribution is -2.21. The quantitative estimate of drug-likeness (QED) is 0.313. The number of nitrogens with one attached hydrogen (secondary N) is 4. The number of aromatic amines is 1. The van der Waals surface area contributed by atoms with Crippen molar-refractivity contribution in [2.75, 3.05) is 16.0 Å². The summed E-state index contributed by atoms with van der Waals surface area (Å²) >= 11 is 0. The number of aliphatic hydroxyl groups is 1. The highest BCUT2D eigenvalue weighted by molar-refractivity contribution is 6.35. The van der Waals surface area contributed by atoms with Gasteiger partial charge in [-0.05, 0) is 48.0 Å². The van der Waals surface area contributed by atoms with Gasteiger partial charge in [-0.15, -0.1) is 0 Å². The Morgan fingerprint density at radius 1 is 0.968 bits per heavy atom. The number of amides is 3. The number of rotatable bonds is 6. The van der Waals surface area contributed by atoms with E-state index in [2.05, 4.69) is 20.9 Å². The van der Waals surface area contributed by atoms with Gasteiger partial charge in [0.25, 0.3) is 5.91 Å². The van der Waals surface area contributed by atoms with E-state index in [9.17, 15) is 14.4 Å². The number of H-pyrrole nitrogens is 1. The van der Waals surface area contributed by atoms with Crippen molar-refractivity contribution in [1.82, 2.24) is 4.98 Å². The first kappa shape index (κ1) is 20.1. The molecule has 31 heavy (non-hydrogen) atoms. The molecule has 0 fully saturated rings. The second kappa shape index (κ2) is 8.68. The summed E-state index contributed by atoms with van der Waals surface area (Å²) in [7, 11) is 0. The smallest absolute Gasteiger partial charge is 0.256 e. The first-order valence-electron chi connectivity index (χ1n) is 9.62. The molecule has 0 unspecified atom stereocenters. The molecule has 0 saturated heterocycles. The van der Waals surface area contributed by atoms with Crippen molar-refractivity contribution in [1.29, 1.82) is 0 Å². The number of benzene rings is 2. The third kappa shape index (κ3) is 4.71. The van der Waals surface area contributed by atoms with Gasteiger partial charge in [-0.1, -0.05) is 18.2 Å². The highest BCUT2D eigenvalue weighted by Gasteiger charge is 2.24. The highest BCUT2D eigenvalue weighted by Crippen LogP contribution is 2.34. The zero-order valence-corrected chi connectivity index (χ0v) is 16.4. The Morgan fingerprint density at radius 3 is 2.35 bits per heavy atom. The van der Waals surface area contributed by atoms with E-state index in [0.29, 0.717) is 22.6 Å². The van der Waals surface area contributed by atoms with E-state index < -0.39 is 11.8 Å². The number of aromatic nitrogens is 1. The summed E-state index contributed by atoms with van der Waals surface area (Å²) in [6.07, 6.45) is 3.18. The van der Waals surface area contributed by atoms with Crippen molar-refractivity contribution < 1.29 is 19.5 Å². The molecule has 0 aliphatic carbocycles. The maximum absolute atomic E-state index is 12.3. The highest BCUT2D eigenvalue weighted by atomic mass is 16.3. The molecule has 5 N–H and O–H groups in total. The van der Waals surface area contributed by atoms with E-state index in [1.807, 2.05) is 12.1 Å². The van der Waals surface area contributed by atoms with Crippen molar-refractivity contribution in [2.45, 2.75) is 13.0 Å². The summed E-state index contributed by atoms with van der Waals surface area (Å²) in [5.74, 6) is -1.16. The topological polar surface area (TPSA) is 123 Å². The minimum absolute atomic E-state index is 0.0822. The second-order valence-electron chi connectivity index (χ2n) is 7.03. The van der Waals surface area contributed by atoms with Crippen LogP contribution >= 0.6 is 0 Å². The van der Waals surface area contributed by atoms with Crippen LogP contribution in [0.2, 0.25) is 0 Å². The van der Waals surface area contributed by atoms with Crippen molar-refractivity contribution in [3.05, 3.63) is 77.6 Å². The van der Waals surface area contributed by atoms with Gasteiger partial charge in [0, 0.05) is 28.8 Å². The number of carbonyl (C=O) groups excluding carboxylic acids is 3. The normalized spacial score (nSPS) is 13.6. The standard InChI is InChI=1S/C23H20N4O4/c28-13-14-3-5-15(6-4-14)25-21(29)12-22(30)26-17-7-8-18-19(10-16-2-1-9-24-16)23(31)27-20(18)11-17/h1-11,24,28H,12-13H2,(H,25,29)(H,26,30)(H,27,31)/b19-10-. The van der Waals surface area contributed by atoms with Crippen molar-refractivity contribution in [2.24, 2.45) is 0 Å². The molecule has 156 valence electrons. The Hall–Kier alpha value is -4.17. The van der Waals surface area contributed by atoms with Crippen molar-refractivity contribution in [3.63, 3.8) is 0 Å². The molecule has 2 heterocycles. The molecule has 0 spiro atoms. The van der Waals surface area contributed by atoms with Gasteiger partial charge in [0.05, 0.1) is 17.9 Å². The van der Waals surface area contributed by atoms with Gasteiger partial charge < -0.3 is 26.0 Å². The Morgan fingerprint density at radius 2 is 1.68 bits per heavy atom. The van der Waals surface area contributed by atoms with Gasteiger partial charge >= 0.3 is 0 Å². The molecule has 0 saturated carbocycles. The van der Waals surface area contributed by atoms with E-state index in [1.165, 1.54) is 0 Å². The molecule has 0 bridgehead atoms. The van der Waals surface area contributed by atoms with Crippen LogP contribution in [0.25, 0.3) is 11.6 Å². The van der Waals surface area contributed by atoms with E-state index in [-0.39, 0.29) is 18.9 Å². The fourth-order valence-corrected chi connectivity index (χ4v) is 3.25. The monoisotopic (exact) mass is 416 g/mol. The van der Waals surface area contributed by atoms with Gasteiger partial charge in [0.15, 0.2) is 0 Å². The van der Waals surface area contributed by atoms with Crippen LogP contribution in [0, 0.1) is 0 Å². The molecular formula is C23H20N4O4. The molecule has 3 amide bonds. The van der Waals surface area contributed by atoms with Crippen LogP contribution in [0.4, 0.5) is 17.1 Å². The summed E-state index contributed by atoms with van der Waals surface area (Å²) in [6, 6.07) is 15.5. The maximum Gasteiger partial charge on any atom is 0.256 e. The SMILES string of the molecule is O=C(CC(=O)Nc1ccc2c(c1)NC(=O)/C2=C\c1ccc[nH]1)Nc1ccc(CO)cc1. The molecule has 4 rings (SSSR count). The number of aliphatic hydroxyl groups excluding tert-OH is 1. The molecule has 0 radical (unpaired) electrons. The predicted octanol–water partition coefficient (Wildman–Crippen LogP) is 2.97. The number of carbonyl (C=O) groups is 3. The van der Waals surface area contributed by atoms with Crippen LogP contribution in [0.5, 0.6) is 0 Å². The molecule has 1 aliphatic rings. The fourth-order valence-electron chi connectivity index (χ4n) is 3.25. The van der Waals surface area contributed by atoms with Gasteiger partial charge in [0.1, 0.15) is 6.42 Å². The maximum atomic E-state index is 12.3. The zero-order valence-electron chi connectivity index (χ0n) is 16.4. The number of hydrogen-bond donors (Lipinski definition) is 5. The van der Waals surface area contributed by atoms with Gasteiger partial charge in [-0.2, -0.15) is 0 Å². The summed E-state index contributed by atoms with van der Waals surface area (Å²) in [4.78, 5) is 39.7. The van der Waals surface area contributed by atoms with Crippen LogP contribution in [-0.4, -0.2) is 27.8 Å². The first-order chi connectivity index (χ1) is 15.0. The van der Waals surface area contributed by atoms with Gasteiger partial charge in [-0.25, -0.2) is 0 Å². The van der Waals surface area contributed by atoms with E-state index in [1.54, 1.807) is 54.7 Å². The van der Waals surface area contributed by atoms with Crippen LogP contribution in [0.15, 0.2) is 60.8 Å². The third-order valence-corrected chi connectivity index (χ3v) is 4.75. The third-order valence-electron chi connectivity index (χ3n) is 4.75. The molecule has 8 nitrogen and oxygen atoms in total. The summed E-state index contributed by atoms with van der Waals surface area (Å²) in [6.45, 7) is -0.0822. The summed E-state index contributed by atoms with van der Waals surface area (Å²) < 4.78 is 0. The van der Waals surface area contributed by atoms with Gasteiger partial charge in [0.2, 0.25) is 11.8 Å². The van der Waals surface area contributed by atoms with E-state index in [0.717, 1.165) is 16.8 Å². The molecule has 1 aliphatic heterocycles. The zero-order chi connectivity index (χ0) is 21.8. The van der Waals surface area contributed by atoms with E-state index >= 15 is 0 Å². The predicted molar refractivity (Wildman–Crippen MR) is 118 cm³/mol. The number of anilines is 3. The Labute approximate surface area is 178 Å². The Balaban J connectivity index is 1.38. The fraction of sp³-hybridized carbons (Fsp3) is 0.0870. The van der Waals surface area contributed by atoms with Crippen molar-refractivity contribution >= 4 is 46.4 Å². The average molecular weight is 416 g/mol. The summed E-state index contributed by atoms with van der Waals surface area (Å²) in [5.41, 5.74) is 4.41. The van der Waals surface area contributed by atoms with Crippen LogP contribution in [0.3, 0.4) is 0 Å². The van der Waals surface area contributed by atoms with Crippen LogP contribution in [0.1, 0.15) is 23.2 Å². The Bertz CT molecular complexity index is 1160. The molecular weight excluding hydrogens is 396 g/mol. The average Bonchev–Trinajstić information content (AvgIpc) is 3.36. The molecule has 0 atom stereocenters. The number of fused-ring (bicyclic) bond motifs is 1. The molecule has 3 aromatic rings. The van der Waals surface area contributed by atoms with Crippen molar-refractivity contribution in [3.8, 4) is 0 Å². The minimum atomic E-state index is -0.476. The van der Waals surface area contributed by atoms with Gasteiger partial charge in [-0.3, -0.25) is 14.4 Å². The molecule has 2 aromatic carbocycles. The summed E-state index contributed by atoms with van der Waals surface area (Å²) in [5, 5.41) is 17.1. The molecule has 8 heteroatoms. The number of hydrogen-bond acceptors (Lipinski definition) is 4. The lowest BCUT2D eigenvalue weighted by molar-refractivity contribution is -0.123. The second-order valence-corrected chi connectivity index (χ2v) is 7.03. The largest absolute Gasteiger partial charge is 0.392 e. The van der Waals surface area contributed by atoms with E-state index in [4.69, 9.17) is 5.11 Å².